The Morgan fingerprint density at radius 3 is 2.58 bits per heavy atom. The molecule has 0 radical (unpaired) electrons. The molecule has 1 aromatic carbocycles. The van der Waals surface area contributed by atoms with Crippen LogP contribution in [0.25, 0.3) is 16.7 Å². The number of anilines is 1. The van der Waals surface area contributed by atoms with E-state index in [1.54, 1.807) is 26.0 Å². The summed E-state index contributed by atoms with van der Waals surface area (Å²) in [6, 6.07) is 6.67. The third-order valence-corrected chi connectivity index (χ3v) is 3.71. The number of carboxylic acids is 1. The Morgan fingerprint density at radius 1 is 1.23 bits per heavy atom. The Kier molecular flexibility index (Phi) is 4.41. The summed E-state index contributed by atoms with van der Waals surface area (Å²) in [6.07, 6.45) is 0.996. The molecule has 0 unspecified atom stereocenters. The highest BCUT2D eigenvalue weighted by Crippen LogP contribution is 2.23. The lowest BCUT2D eigenvalue weighted by atomic mass is 10.1. The van der Waals surface area contributed by atoms with Crippen LogP contribution in [0.2, 0.25) is 0 Å². The van der Waals surface area contributed by atoms with Crippen LogP contribution in [0.4, 0.5) is 14.6 Å². The van der Waals surface area contributed by atoms with E-state index in [1.807, 2.05) is 0 Å². The molecule has 0 saturated heterocycles. The summed E-state index contributed by atoms with van der Waals surface area (Å²) in [7, 11) is 0. The molecule has 0 aliphatic carbocycles. The van der Waals surface area contributed by atoms with Crippen molar-refractivity contribution in [1.29, 1.82) is 0 Å². The van der Waals surface area contributed by atoms with Crippen molar-refractivity contribution >= 4 is 22.7 Å². The van der Waals surface area contributed by atoms with Gasteiger partial charge in [-0.1, -0.05) is 12.1 Å². The van der Waals surface area contributed by atoms with Crippen molar-refractivity contribution in [1.82, 2.24) is 9.55 Å². The molecule has 0 bridgehead atoms. The molecule has 2 aromatic heterocycles. The van der Waals surface area contributed by atoms with Gasteiger partial charge in [-0.2, -0.15) is 0 Å². The maximum atomic E-state index is 14.4. The molecule has 0 fully saturated rings. The highest BCUT2D eigenvalue weighted by atomic mass is 19.1. The monoisotopic (exact) mass is 359 g/mol. The molecular formula is C18H15F2N3O3. The summed E-state index contributed by atoms with van der Waals surface area (Å²) in [6.45, 7) is 3.53. The van der Waals surface area contributed by atoms with E-state index in [4.69, 9.17) is 0 Å². The highest BCUT2D eigenvalue weighted by molar-refractivity contribution is 5.93. The number of hydrogen-bond donors (Lipinski definition) is 2. The van der Waals surface area contributed by atoms with Crippen LogP contribution in [-0.4, -0.2) is 26.7 Å². The van der Waals surface area contributed by atoms with Gasteiger partial charge in [-0.3, -0.25) is 9.36 Å². The van der Waals surface area contributed by atoms with E-state index in [9.17, 15) is 23.5 Å². The van der Waals surface area contributed by atoms with Gasteiger partial charge < -0.3 is 10.4 Å². The lowest BCUT2D eigenvalue weighted by molar-refractivity contribution is 0.0695. The molecule has 2 N–H and O–H groups in total. The van der Waals surface area contributed by atoms with Crippen molar-refractivity contribution in [2.24, 2.45) is 0 Å². The number of aromatic carboxylic acids is 1. The topological polar surface area (TPSA) is 84.2 Å². The second kappa shape index (κ2) is 6.55. The van der Waals surface area contributed by atoms with Crippen molar-refractivity contribution in [3.05, 3.63) is 63.9 Å². The van der Waals surface area contributed by atoms with E-state index < -0.39 is 28.6 Å². The molecule has 3 aromatic rings. The molecule has 2 heterocycles. The van der Waals surface area contributed by atoms with Gasteiger partial charge in [-0.25, -0.2) is 18.6 Å². The molecule has 0 saturated carbocycles. The second-order valence-electron chi connectivity index (χ2n) is 5.99. The molecule has 0 amide bonds. The molecule has 0 spiro atoms. The number of rotatable bonds is 4. The SMILES string of the molecule is CC(C)Nc1nc(-n2cc(C(=O)O)c(=O)c3ccccc32)c(F)cc1F. The Balaban J connectivity index is 2.37. The van der Waals surface area contributed by atoms with E-state index in [0.29, 0.717) is 6.07 Å². The molecule has 3 rings (SSSR count). The van der Waals surface area contributed by atoms with Crippen molar-refractivity contribution < 1.29 is 18.7 Å². The van der Waals surface area contributed by atoms with Crippen LogP contribution in [0.5, 0.6) is 0 Å². The Labute approximate surface area is 146 Å². The first-order valence-electron chi connectivity index (χ1n) is 7.80. The number of carboxylic acid groups (broad SMARTS) is 1. The van der Waals surface area contributed by atoms with Gasteiger partial charge in [0.05, 0.1) is 5.52 Å². The number of halogens is 2. The van der Waals surface area contributed by atoms with E-state index >= 15 is 0 Å². The summed E-state index contributed by atoms with van der Waals surface area (Å²) in [5, 5.41) is 12.1. The van der Waals surface area contributed by atoms with Crippen LogP contribution in [-0.2, 0) is 0 Å². The summed E-state index contributed by atoms with van der Waals surface area (Å²) in [4.78, 5) is 27.7. The maximum Gasteiger partial charge on any atom is 0.341 e. The van der Waals surface area contributed by atoms with E-state index in [1.165, 1.54) is 12.1 Å². The van der Waals surface area contributed by atoms with Crippen molar-refractivity contribution in [3.63, 3.8) is 0 Å². The minimum absolute atomic E-state index is 0.0938. The summed E-state index contributed by atoms with van der Waals surface area (Å²) >= 11 is 0. The van der Waals surface area contributed by atoms with E-state index in [2.05, 4.69) is 10.3 Å². The first kappa shape index (κ1) is 17.5. The predicted octanol–water partition coefficient (Wildman–Crippen LogP) is 3.18. The lowest BCUT2D eigenvalue weighted by Crippen LogP contribution is -2.20. The van der Waals surface area contributed by atoms with Gasteiger partial charge in [0.2, 0.25) is 5.43 Å². The number of nitrogens with one attached hydrogen (secondary N) is 1. The lowest BCUT2D eigenvalue weighted by Gasteiger charge is -2.15. The third kappa shape index (κ3) is 3.01. The van der Waals surface area contributed by atoms with Crippen LogP contribution in [0.1, 0.15) is 24.2 Å². The van der Waals surface area contributed by atoms with Gasteiger partial charge in [0.1, 0.15) is 5.56 Å². The average Bonchev–Trinajstić information content (AvgIpc) is 2.58. The number of carbonyl (C=O) groups is 1. The van der Waals surface area contributed by atoms with Gasteiger partial charge in [-0.15, -0.1) is 0 Å². The zero-order valence-corrected chi connectivity index (χ0v) is 14.0. The van der Waals surface area contributed by atoms with Crippen LogP contribution in [0.15, 0.2) is 41.3 Å². The summed E-state index contributed by atoms with van der Waals surface area (Å²) in [5.74, 6) is -3.78. The zero-order valence-electron chi connectivity index (χ0n) is 14.0. The zero-order chi connectivity index (χ0) is 19.0. The van der Waals surface area contributed by atoms with Gasteiger partial charge in [0.15, 0.2) is 23.3 Å². The Bertz CT molecular complexity index is 1080. The number of pyridine rings is 2. The number of fused-ring (bicyclic) bond motifs is 1. The van der Waals surface area contributed by atoms with Gasteiger partial charge >= 0.3 is 5.97 Å². The number of hydrogen-bond acceptors (Lipinski definition) is 4. The molecule has 134 valence electrons. The summed E-state index contributed by atoms with van der Waals surface area (Å²) in [5.41, 5.74) is -0.962. The first-order valence-corrected chi connectivity index (χ1v) is 7.80. The number of nitrogens with zero attached hydrogens (tertiary/aromatic N) is 2. The fourth-order valence-corrected chi connectivity index (χ4v) is 2.61. The predicted molar refractivity (Wildman–Crippen MR) is 93.0 cm³/mol. The van der Waals surface area contributed by atoms with Crippen molar-refractivity contribution in [2.45, 2.75) is 19.9 Å². The standard InChI is InChI=1S/C18H15F2N3O3/c1-9(2)21-16-12(19)7-13(20)17(22-16)23-8-11(18(25)26)15(24)10-5-3-4-6-14(10)23/h3-9H,1-2H3,(H,21,22)(H,25,26). The first-order chi connectivity index (χ1) is 12.3. The molecule has 26 heavy (non-hydrogen) atoms. The molecule has 6 nitrogen and oxygen atoms in total. The fourth-order valence-electron chi connectivity index (χ4n) is 2.61. The van der Waals surface area contributed by atoms with E-state index in [0.717, 1.165) is 10.8 Å². The smallest absolute Gasteiger partial charge is 0.341 e. The second-order valence-corrected chi connectivity index (χ2v) is 5.99. The number of benzene rings is 1. The fraction of sp³-hybridized carbons (Fsp3) is 0.167. The van der Waals surface area contributed by atoms with Crippen molar-refractivity contribution in [3.8, 4) is 5.82 Å². The minimum Gasteiger partial charge on any atom is -0.477 e. The van der Waals surface area contributed by atoms with Crippen molar-refractivity contribution in [2.75, 3.05) is 5.32 Å². The van der Waals surface area contributed by atoms with Crippen LogP contribution in [0.3, 0.4) is 0 Å². The Morgan fingerprint density at radius 2 is 1.92 bits per heavy atom. The van der Waals surface area contributed by atoms with Gasteiger partial charge in [-0.05, 0) is 26.0 Å². The number of para-hydroxylation sites is 1. The van der Waals surface area contributed by atoms with Crippen LogP contribution in [0, 0.1) is 11.6 Å². The molecule has 0 atom stereocenters. The van der Waals surface area contributed by atoms with Crippen LogP contribution < -0.4 is 10.7 Å². The summed E-state index contributed by atoms with van der Waals surface area (Å²) < 4.78 is 29.6. The normalized spacial score (nSPS) is 11.1. The van der Waals surface area contributed by atoms with Gasteiger partial charge in [0.25, 0.3) is 0 Å². The largest absolute Gasteiger partial charge is 0.477 e. The number of aromatic nitrogens is 2. The third-order valence-electron chi connectivity index (χ3n) is 3.71. The van der Waals surface area contributed by atoms with Crippen LogP contribution >= 0.6 is 0 Å². The quantitative estimate of drug-likeness (QED) is 0.747. The molecule has 8 heteroatoms. The molecule has 0 aliphatic rings. The van der Waals surface area contributed by atoms with Gasteiger partial charge in [0, 0.05) is 23.7 Å². The minimum atomic E-state index is -1.45. The Hall–Kier alpha value is -3.29. The van der Waals surface area contributed by atoms with E-state index in [-0.39, 0.29) is 28.6 Å². The molecule has 0 aliphatic heterocycles. The highest BCUT2D eigenvalue weighted by Gasteiger charge is 2.19. The average molecular weight is 359 g/mol. The maximum absolute atomic E-state index is 14.4. The molecular weight excluding hydrogens is 344 g/mol.